The van der Waals surface area contributed by atoms with Crippen LogP contribution in [0.1, 0.15) is 22.3 Å². The van der Waals surface area contributed by atoms with Crippen LogP contribution in [0.15, 0.2) is 115 Å². The summed E-state index contributed by atoms with van der Waals surface area (Å²) in [5.41, 5.74) is 4.38. The van der Waals surface area contributed by atoms with Crippen molar-refractivity contribution in [1.29, 1.82) is 0 Å². The highest BCUT2D eigenvalue weighted by molar-refractivity contribution is 5.80. The van der Waals surface area contributed by atoms with Crippen LogP contribution in [0.2, 0.25) is 0 Å². The quantitative estimate of drug-likeness (QED) is 0.308. The smallest absolute Gasteiger partial charge is 0.321 e. The fraction of sp³-hybridized carbons (Fsp3) is 0.242. The van der Waals surface area contributed by atoms with E-state index < -0.39 is 6.10 Å². The molecule has 0 saturated carbocycles. The predicted molar refractivity (Wildman–Crippen MR) is 148 cm³/mol. The SMILES string of the molecule is O=C1N(Cc2cccc(OCc3ccccc3)c2)[C@H](Cc2ccccc2)[C@H](O)[C@H]2[C@@H](Cc3ccccc3)N12. The van der Waals surface area contributed by atoms with Crippen LogP contribution in [0.4, 0.5) is 4.79 Å². The number of ether oxygens (including phenoxy) is 1. The van der Waals surface area contributed by atoms with Crippen LogP contribution in [0.5, 0.6) is 5.75 Å². The molecule has 4 aromatic carbocycles. The molecule has 192 valence electrons. The number of hydrogen-bond acceptors (Lipinski definition) is 3. The van der Waals surface area contributed by atoms with E-state index in [2.05, 4.69) is 24.3 Å². The van der Waals surface area contributed by atoms with Crippen molar-refractivity contribution in [3.8, 4) is 5.75 Å². The highest BCUT2D eigenvalue weighted by atomic mass is 16.5. The van der Waals surface area contributed by atoms with Crippen molar-refractivity contribution in [1.82, 2.24) is 9.80 Å². The average molecular weight is 505 g/mol. The lowest BCUT2D eigenvalue weighted by atomic mass is 9.94. The van der Waals surface area contributed by atoms with E-state index in [1.807, 2.05) is 101 Å². The van der Waals surface area contributed by atoms with E-state index in [9.17, 15) is 9.90 Å². The van der Waals surface area contributed by atoms with Crippen molar-refractivity contribution >= 4 is 6.03 Å². The second-order valence-corrected chi connectivity index (χ2v) is 10.2. The lowest BCUT2D eigenvalue weighted by Crippen LogP contribution is -2.56. The average Bonchev–Trinajstić information content (AvgIpc) is 3.68. The zero-order valence-electron chi connectivity index (χ0n) is 21.3. The van der Waals surface area contributed by atoms with Gasteiger partial charge in [-0.25, -0.2) is 4.79 Å². The van der Waals surface area contributed by atoms with E-state index in [-0.39, 0.29) is 24.2 Å². The first kappa shape index (κ1) is 24.3. The van der Waals surface area contributed by atoms with E-state index in [1.165, 1.54) is 5.56 Å². The first-order valence-corrected chi connectivity index (χ1v) is 13.3. The maximum Gasteiger partial charge on any atom is 0.321 e. The highest BCUT2D eigenvalue weighted by Crippen LogP contribution is 2.42. The van der Waals surface area contributed by atoms with Gasteiger partial charge in [-0.2, -0.15) is 0 Å². The summed E-state index contributed by atoms with van der Waals surface area (Å²) in [6.07, 6.45) is 0.739. The van der Waals surface area contributed by atoms with Crippen molar-refractivity contribution < 1.29 is 14.6 Å². The van der Waals surface area contributed by atoms with E-state index in [0.29, 0.717) is 19.6 Å². The Balaban J connectivity index is 1.22. The monoisotopic (exact) mass is 504 g/mol. The minimum atomic E-state index is -0.626. The third-order valence-corrected chi connectivity index (χ3v) is 7.67. The standard InChI is InChI=1S/C33H32N2O3/c36-32-30(21-25-13-6-2-7-14-25)34(33(37)35-29(31(32)35)20-24-11-4-1-5-12-24)22-27-17-10-18-28(19-27)38-23-26-15-8-3-9-16-26/h1-19,29-32,36H,20-23H2/t29-,30-,31-,32+,35?/m1/s1. The van der Waals surface area contributed by atoms with E-state index in [0.717, 1.165) is 28.9 Å². The van der Waals surface area contributed by atoms with Gasteiger partial charge in [0.15, 0.2) is 0 Å². The van der Waals surface area contributed by atoms with Gasteiger partial charge in [0.1, 0.15) is 12.4 Å². The predicted octanol–water partition coefficient (Wildman–Crippen LogP) is 5.47. The largest absolute Gasteiger partial charge is 0.489 e. The molecule has 5 heteroatoms. The minimum Gasteiger partial charge on any atom is -0.489 e. The summed E-state index contributed by atoms with van der Waals surface area (Å²) >= 11 is 0. The Bertz CT molecular complexity index is 1360. The molecule has 2 saturated heterocycles. The number of amides is 2. The summed E-state index contributed by atoms with van der Waals surface area (Å²) in [6.45, 7) is 0.899. The zero-order chi connectivity index (χ0) is 25.9. The van der Waals surface area contributed by atoms with Crippen molar-refractivity contribution in [2.75, 3.05) is 0 Å². The second-order valence-electron chi connectivity index (χ2n) is 10.2. The van der Waals surface area contributed by atoms with Crippen molar-refractivity contribution in [3.63, 3.8) is 0 Å². The third-order valence-electron chi connectivity index (χ3n) is 7.67. The fourth-order valence-corrected chi connectivity index (χ4v) is 5.68. The Morgan fingerprint density at radius 1 is 0.658 bits per heavy atom. The number of fused-ring (bicyclic) bond motifs is 1. The molecule has 4 aromatic rings. The van der Waals surface area contributed by atoms with Crippen molar-refractivity contribution in [2.45, 2.75) is 50.2 Å². The molecule has 0 radical (unpaired) electrons. The summed E-state index contributed by atoms with van der Waals surface area (Å²) in [5.74, 6) is 0.766. The number of urea groups is 1. The van der Waals surface area contributed by atoms with Crippen molar-refractivity contribution in [2.24, 2.45) is 0 Å². The van der Waals surface area contributed by atoms with Crippen LogP contribution in [0, 0.1) is 0 Å². The first-order valence-electron chi connectivity index (χ1n) is 13.3. The Labute approximate surface area is 223 Å². The Hall–Kier alpha value is -4.09. The first-order chi connectivity index (χ1) is 18.7. The van der Waals surface area contributed by atoms with Gasteiger partial charge in [-0.05, 0) is 47.2 Å². The summed E-state index contributed by atoms with van der Waals surface area (Å²) in [4.78, 5) is 17.5. The molecular formula is C33H32N2O3. The number of carbonyl (C=O) groups excluding carboxylic acids is 1. The van der Waals surface area contributed by atoms with Gasteiger partial charge in [0.05, 0.1) is 24.2 Å². The van der Waals surface area contributed by atoms with E-state index >= 15 is 0 Å². The van der Waals surface area contributed by atoms with Gasteiger partial charge in [-0.3, -0.25) is 0 Å². The molecule has 0 aromatic heterocycles. The number of aliphatic hydroxyl groups is 1. The number of benzene rings is 4. The molecule has 2 aliphatic rings. The molecule has 2 amide bonds. The van der Waals surface area contributed by atoms with Crippen LogP contribution in [-0.4, -0.2) is 45.2 Å². The molecule has 38 heavy (non-hydrogen) atoms. The molecule has 5 nitrogen and oxygen atoms in total. The highest BCUT2D eigenvalue weighted by Gasteiger charge is 2.62. The maximum absolute atomic E-state index is 13.8. The Morgan fingerprint density at radius 2 is 1.21 bits per heavy atom. The number of rotatable bonds is 9. The van der Waals surface area contributed by atoms with Gasteiger partial charge in [-0.15, -0.1) is 0 Å². The summed E-state index contributed by atoms with van der Waals surface area (Å²) in [5, 5.41) is 11.6. The van der Waals surface area contributed by atoms with Crippen LogP contribution in [0.3, 0.4) is 0 Å². The van der Waals surface area contributed by atoms with Crippen molar-refractivity contribution in [3.05, 3.63) is 138 Å². The van der Waals surface area contributed by atoms with Crippen LogP contribution in [0.25, 0.3) is 0 Å². The fourth-order valence-electron chi connectivity index (χ4n) is 5.68. The number of carbonyl (C=O) groups is 1. The molecule has 6 rings (SSSR count). The summed E-state index contributed by atoms with van der Waals surface area (Å²) in [6, 6.07) is 37.9. The van der Waals surface area contributed by atoms with E-state index in [1.54, 1.807) is 0 Å². The number of nitrogens with zero attached hydrogens (tertiary/aromatic N) is 2. The molecule has 0 unspecified atom stereocenters. The lowest BCUT2D eigenvalue weighted by molar-refractivity contribution is 0.0269. The molecular weight excluding hydrogens is 472 g/mol. The lowest BCUT2D eigenvalue weighted by Gasteiger charge is -2.39. The Morgan fingerprint density at radius 3 is 1.84 bits per heavy atom. The normalized spacial score (nSPS) is 22.2. The molecule has 2 heterocycles. The number of aliphatic hydroxyl groups excluding tert-OH is 1. The number of hydrogen-bond donors (Lipinski definition) is 1. The third kappa shape index (κ3) is 5.15. The minimum absolute atomic E-state index is 0.00207. The topological polar surface area (TPSA) is 52.8 Å². The molecule has 4 atom stereocenters. The molecule has 0 aliphatic carbocycles. The van der Waals surface area contributed by atoms with Gasteiger partial charge in [0.25, 0.3) is 0 Å². The maximum atomic E-state index is 13.8. The molecule has 2 aliphatic heterocycles. The van der Waals surface area contributed by atoms with Gasteiger partial charge in [0.2, 0.25) is 0 Å². The molecule has 1 N–H and O–H groups in total. The van der Waals surface area contributed by atoms with E-state index in [4.69, 9.17) is 4.74 Å². The Kier molecular flexibility index (Phi) is 6.84. The van der Waals surface area contributed by atoms with Gasteiger partial charge >= 0.3 is 6.03 Å². The second kappa shape index (κ2) is 10.7. The zero-order valence-corrected chi connectivity index (χ0v) is 21.3. The van der Waals surface area contributed by atoms with Gasteiger partial charge < -0.3 is 19.6 Å². The van der Waals surface area contributed by atoms with Crippen LogP contribution >= 0.6 is 0 Å². The summed E-state index contributed by atoms with van der Waals surface area (Å²) < 4.78 is 6.04. The van der Waals surface area contributed by atoms with Gasteiger partial charge in [-0.1, -0.05) is 103 Å². The molecule has 0 spiro atoms. The summed E-state index contributed by atoms with van der Waals surface area (Å²) in [7, 11) is 0. The molecule has 2 fully saturated rings. The van der Waals surface area contributed by atoms with Crippen LogP contribution in [-0.2, 0) is 26.0 Å². The van der Waals surface area contributed by atoms with Crippen LogP contribution < -0.4 is 4.74 Å². The molecule has 0 bridgehead atoms. The van der Waals surface area contributed by atoms with Gasteiger partial charge in [0, 0.05) is 6.54 Å².